The maximum absolute atomic E-state index is 13.8. The van der Waals surface area contributed by atoms with Gasteiger partial charge in [0.15, 0.2) is 0 Å². The van der Waals surface area contributed by atoms with Crippen molar-refractivity contribution in [2.24, 2.45) is 0 Å². The summed E-state index contributed by atoms with van der Waals surface area (Å²) in [5.41, 5.74) is 0.196. The number of amides is 1. The Morgan fingerprint density at radius 3 is 2.47 bits per heavy atom. The first kappa shape index (κ1) is 21.7. The number of anilines is 2. The van der Waals surface area contributed by atoms with Crippen LogP contribution in [-0.2, 0) is 10.0 Å². The Morgan fingerprint density at radius 1 is 1.03 bits per heavy atom. The van der Waals surface area contributed by atoms with Crippen molar-refractivity contribution < 1.29 is 17.6 Å². The largest absolute Gasteiger partial charge is 0.348 e. The van der Waals surface area contributed by atoms with Crippen LogP contribution >= 0.6 is 0 Å². The summed E-state index contributed by atoms with van der Waals surface area (Å²) in [6.07, 6.45) is 5.08. The van der Waals surface area contributed by atoms with Gasteiger partial charge < -0.3 is 10.2 Å². The Hall–Kier alpha value is -3.53. The summed E-state index contributed by atoms with van der Waals surface area (Å²) in [5.74, 6) is -0.338. The van der Waals surface area contributed by atoms with Gasteiger partial charge in [-0.1, -0.05) is 12.1 Å². The van der Waals surface area contributed by atoms with Crippen LogP contribution in [0.25, 0.3) is 0 Å². The molecule has 2 aromatic carbocycles. The predicted molar refractivity (Wildman–Crippen MR) is 118 cm³/mol. The van der Waals surface area contributed by atoms with Crippen molar-refractivity contribution in [1.82, 2.24) is 15.3 Å². The van der Waals surface area contributed by atoms with Crippen LogP contribution in [-0.4, -0.2) is 43.4 Å². The molecular formula is C22H22FN5O3S. The lowest BCUT2D eigenvalue weighted by atomic mass is 10.1. The standard InChI is InChI=1S/C22H22FN5O3S/c23-19-6-1-2-7-20(19)27-32(30,31)18-10-8-16(9-11-18)21(29)26-17-5-3-14-28(15-17)22-24-12-4-13-25-22/h1-2,4,6-13,17,27H,3,5,14-15H2,(H,26,29). The number of carbonyl (C=O) groups is 1. The van der Waals surface area contributed by atoms with Crippen LogP contribution in [0.4, 0.5) is 16.0 Å². The van der Waals surface area contributed by atoms with Crippen LogP contribution in [0.1, 0.15) is 23.2 Å². The van der Waals surface area contributed by atoms with Crippen molar-refractivity contribution in [3.63, 3.8) is 0 Å². The summed E-state index contributed by atoms with van der Waals surface area (Å²) in [5, 5.41) is 2.99. The molecule has 0 radical (unpaired) electrons. The van der Waals surface area contributed by atoms with Crippen LogP contribution in [0.5, 0.6) is 0 Å². The molecule has 4 rings (SSSR count). The number of sulfonamides is 1. The molecule has 1 aromatic heterocycles. The summed E-state index contributed by atoms with van der Waals surface area (Å²) >= 11 is 0. The van der Waals surface area contributed by atoms with E-state index in [4.69, 9.17) is 0 Å². The first-order chi connectivity index (χ1) is 15.4. The zero-order valence-electron chi connectivity index (χ0n) is 17.1. The molecule has 1 aliphatic heterocycles. The highest BCUT2D eigenvalue weighted by atomic mass is 32.2. The number of halogens is 1. The van der Waals surface area contributed by atoms with E-state index in [0.29, 0.717) is 18.1 Å². The minimum absolute atomic E-state index is 0.0672. The number of aromatic nitrogens is 2. The third kappa shape index (κ3) is 5.02. The second kappa shape index (κ2) is 9.31. The molecule has 1 amide bonds. The number of para-hydroxylation sites is 1. The highest BCUT2D eigenvalue weighted by Gasteiger charge is 2.24. The lowest BCUT2D eigenvalue weighted by molar-refractivity contribution is 0.0933. The second-order valence-corrected chi connectivity index (χ2v) is 9.10. The molecule has 2 N–H and O–H groups in total. The number of rotatable bonds is 6. The fourth-order valence-electron chi connectivity index (χ4n) is 3.53. The highest BCUT2D eigenvalue weighted by molar-refractivity contribution is 7.92. The van der Waals surface area contributed by atoms with Crippen LogP contribution < -0.4 is 14.9 Å². The van der Waals surface area contributed by atoms with Crippen molar-refractivity contribution in [1.29, 1.82) is 0 Å². The molecule has 1 atom stereocenters. The molecule has 3 aromatic rings. The van der Waals surface area contributed by atoms with Gasteiger partial charge in [-0.3, -0.25) is 9.52 Å². The number of nitrogens with one attached hydrogen (secondary N) is 2. The molecule has 0 bridgehead atoms. The number of benzene rings is 2. The molecule has 32 heavy (non-hydrogen) atoms. The van der Waals surface area contributed by atoms with Crippen molar-refractivity contribution in [3.05, 3.63) is 78.4 Å². The third-order valence-electron chi connectivity index (χ3n) is 5.14. The van der Waals surface area contributed by atoms with Gasteiger partial charge in [0.25, 0.3) is 15.9 Å². The molecule has 1 aliphatic rings. The van der Waals surface area contributed by atoms with Gasteiger partial charge in [-0.15, -0.1) is 0 Å². The zero-order valence-corrected chi connectivity index (χ0v) is 17.9. The van der Waals surface area contributed by atoms with E-state index in [1.807, 2.05) is 4.90 Å². The van der Waals surface area contributed by atoms with E-state index in [1.165, 1.54) is 48.5 Å². The smallest absolute Gasteiger partial charge is 0.261 e. The Kier molecular flexibility index (Phi) is 6.31. The van der Waals surface area contributed by atoms with Crippen molar-refractivity contribution in [2.75, 3.05) is 22.7 Å². The topological polar surface area (TPSA) is 104 Å². The predicted octanol–water partition coefficient (Wildman–Crippen LogP) is 2.82. The number of nitrogens with zero attached hydrogens (tertiary/aromatic N) is 3. The van der Waals surface area contributed by atoms with Gasteiger partial charge in [0.1, 0.15) is 5.82 Å². The molecule has 1 saturated heterocycles. The maximum atomic E-state index is 13.8. The molecule has 0 saturated carbocycles. The average Bonchev–Trinajstić information content (AvgIpc) is 2.81. The summed E-state index contributed by atoms with van der Waals surface area (Å²) in [6, 6.07) is 12.7. The minimum atomic E-state index is -3.99. The second-order valence-electron chi connectivity index (χ2n) is 7.42. The Bertz CT molecular complexity index is 1190. The van der Waals surface area contributed by atoms with Crippen LogP contribution in [0.15, 0.2) is 71.9 Å². The van der Waals surface area contributed by atoms with E-state index in [1.54, 1.807) is 18.5 Å². The fraction of sp³-hybridized carbons (Fsp3) is 0.227. The SMILES string of the molecule is O=C(NC1CCCN(c2ncccn2)C1)c1ccc(S(=O)(=O)Nc2ccccc2F)cc1. The number of hydrogen-bond acceptors (Lipinski definition) is 6. The maximum Gasteiger partial charge on any atom is 0.261 e. The first-order valence-corrected chi connectivity index (χ1v) is 11.6. The number of carbonyl (C=O) groups excluding carboxylic acids is 1. The molecule has 8 nitrogen and oxygen atoms in total. The van der Waals surface area contributed by atoms with E-state index in [2.05, 4.69) is 20.0 Å². The molecule has 0 spiro atoms. The van der Waals surface area contributed by atoms with Crippen LogP contribution in [0.2, 0.25) is 0 Å². The van der Waals surface area contributed by atoms with Crippen LogP contribution in [0.3, 0.4) is 0 Å². The molecule has 2 heterocycles. The van der Waals surface area contributed by atoms with Gasteiger partial charge >= 0.3 is 0 Å². The lowest BCUT2D eigenvalue weighted by Gasteiger charge is -2.33. The van der Waals surface area contributed by atoms with Gasteiger partial charge in [0, 0.05) is 37.1 Å². The van der Waals surface area contributed by atoms with Gasteiger partial charge in [0.2, 0.25) is 5.95 Å². The van der Waals surface area contributed by atoms with E-state index in [0.717, 1.165) is 19.4 Å². The van der Waals surface area contributed by atoms with E-state index >= 15 is 0 Å². The van der Waals surface area contributed by atoms with Gasteiger partial charge in [-0.2, -0.15) is 0 Å². The van der Waals surface area contributed by atoms with Crippen molar-refractivity contribution in [2.45, 2.75) is 23.8 Å². The average molecular weight is 456 g/mol. The molecule has 1 unspecified atom stereocenters. The molecule has 166 valence electrons. The van der Waals surface area contributed by atoms with E-state index in [-0.39, 0.29) is 22.5 Å². The number of piperidine rings is 1. The van der Waals surface area contributed by atoms with E-state index < -0.39 is 15.8 Å². The summed E-state index contributed by atoms with van der Waals surface area (Å²) < 4.78 is 41.0. The Morgan fingerprint density at radius 2 is 1.75 bits per heavy atom. The zero-order chi connectivity index (χ0) is 22.6. The van der Waals surface area contributed by atoms with Crippen molar-refractivity contribution in [3.8, 4) is 0 Å². The highest BCUT2D eigenvalue weighted by Crippen LogP contribution is 2.20. The lowest BCUT2D eigenvalue weighted by Crippen LogP contribution is -2.48. The Balaban J connectivity index is 1.40. The summed E-state index contributed by atoms with van der Waals surface area (Å²) in [4.78, 5) is 23.2. The quantitative estimate of drug-likeness (QED) is 0.592. The fourth-order valence-corrected chi connectivity index (χ4v) is 4.60. The van der Waals surface area contributed by atoms with Gasteiger partial charge in [-0.05, 0) is 55.3 Å². The number of hydrogen-bond donors (Lipinski definition) is 2. The van der Waals surface area contributed by atoms with Crippen LogP contribution in [0, 0.1) is 5.82 Å². The molecule has 10 heteroatoms. The summed E-state index contributed by atoms with van der Waals surface area (Å²) in [6.45, 7) is 1.41. The van der Waals surface area contributed by atoms with Gasteiger partial charge in [0.05, 0.1) is 10.6 Å². The third-order valence-corrected chi connectivity index (χ3v) is 6.52. The molecule has 0 aliphatic carbocycles. The monoisotopic (exact) mass is 455 g/mol. The summed E-state index contributed by atoms with van der Waals surface area (Å²) in [7, 11) is -3.99. The van der Waals surface area contributed by atoms with E-state index in [9.17, 15) is 17.6 Å². The molecular weight excluding hydrogens is 433 g/mol. The minimum Gasteiger partial charge on any atom is -0.348 e. The normalized spacial score (nSPS) is 16.4. The van der Waals surface area contributed by atoms with Gasteiger partial charge in [-0.25, -0.2) is 22.8 Å². The molecule has 1 fully saturated rings. The first-order valence-electron chi connectivity index (χ1n) is 10.1. The Labute approximate surface area is 185 Å². The van der Waals surface area contributed by atoms with Crippen molar-refractivity contribution >= 4 is 27.6 Å².